The highest BCUT2D eigenvalue weighted by Gasteiger charge is 2.07. The van der Waals surface area contributed by atoms with E-state index in [1.165, 1.54) is 5.56 Å². The second-order valence-corrected chi connectivity index (χ2v) is 7.92. The number of nitrogens with zero attached hydrogens (tertiary/aromatic N) is 1. The molecule has 0 radical (unpaired) electrons. The number of benzene rings is 2. The van der Waals surface area contributed by atoms with Crippen LogP contribution in [0.2, 0.25) is 0 Å². The smallest absolute Gasteiger partial charge is 0.255 e. The molecular formula is C24H24BrN3O2. The molecule has 5 nitrogen and oxygen atoms in total. The van der Waals surface area contributed by atoms with Gasteiger partial charge in [-0.3, -0.25) is 14.6 Å². The fraction of sp³-hybridized carbons (Fsp3) is 0.208. The van der Waals surface area contributed by atoms with E-state index in [1.807, 2.05) is 36.4 Å². The Balaban J connectivity index is 1.39. The van der Waals surface area contributed by atoms with Gasteiger partial charge in [-0.05, 0) is 66.8 Å². The summed E-state index contributed by atoms with van der Waals surface area (Å²) in [6.45, 7) is 0.435. The number of unbranched alkanes of at least 4 members (excludes halogenated alkanes) is 1. The van der Waals surface area contributed by atoms with E-state index in [-0.39, 0.29) is 11.8 Å². The van der Waals surface area contributed by atoms with Gasteiger partial charge < -0.3 is 10.6 Å². The van der Waals surface area contributed by atoms with E-state index in [9.17, 15) is 9.59 Å². The molecule has 0 unspecified atom stereocenters. The van der Waals surface area contributed by atoms with Gasteiger partial charge in [-0.25, -0.2) is 0 Å². The third-order valence-electron chi connectivity index (χ3n) is 4.65. The Bertz CT molecular complexity index is 975. The van der Waals surface area contributed by atoms with E-state index in [2.05, 4.69) is 43.7 Å². The first-order chi connectivity index (χ1) is 14.6. The number of anilines is 1. The fourth-order valence-electron chi connectivity index (χ4n) is 3.02. The van der Waals surface area contributed by atoms with Crippen LogP contribution in [0.4, 0.5) is 5.69 Å². The molecule has 0 aliphatic heterocycles. The predicted octanol–water partition coefficient (Wildman–Crippen LogP) is 5.13. The lowest BCUT2D eigenvalue weighted by atomic mass is 10.1. The van der Waals surface area contributed by atoms with Crippen molar-refractivity contribution in [1.29, 1.82) is 0 Å². The van der Waals surface area contributed by atoms with Gasteiger partial charge in [0.15, 0.2) is 0 Å². The number of nitrogens with one attached hydrogen (secondary N) is 2. The molecule has 6 heteroatoms. The topological polar surface area (TPSA) is 71.1 Å². The summed E-state index contributed by atoms with van der Waals surface area (Å²) in [5, 5.41) is 5.82. The van der Waals surface area contributed by atoms with Crippen LogP contribution in [0.25, 0.3) is 0 Å². The van der Waals surface area contributed by atoms with Crippen LogP contribution in [0.5, 0.6) is 0 Å². The first kappa shape index (κ1) is 21.7. The average molecular weight is 466 g/mol. The zero-order valence-corrected chi connectivity index (χ0v) is 18.2. The lowest BCUT2D eigenvalue weighted by Gasteiger charge is -2.09. The monoisotopic (exact) mass is 465 g/mol. The SMILES string of the molecule is O=C(CCCCc1ccc(Br)cc1)NCc1cccc(NC(=O)c2ccncc2)c1. The fourth-order valence-corrected chi connectivity index (χ4v) is 3.28. The molecule has 2 aromatic carbocycles. The van der Waals surface area contributed by atoms with Crippen molar-refractivity contribution in [2.24, 2.45) is 0 Å². The van der Waals surface area contributed by atoms with E-state index < -0.39 is 0 Å². The minimum absolute atomic E-state index is 0.0389. The lowest BCUT2D eigenvalue weighted by Crippen LogP contribution is -2.22. The molecule has 3 aromatic rings. The van der Waals surface area contributed by atoms with Crippen LogP contribution in [0, 0.1) is 0 Å². The van der Waals surface area contributed by atoms with Crippen molar-refractivity contribution in [3.8, 4) is 0 Å². The zero-order chi connectivity index (χ0) is 21.2. The van der Waals surface area contributed by atoms with Crippen LogP contribution < -0.4 is 10.6 Å². The van der Waals surface area contributed by atoms with Gasteiger partial charge in [-0.15, -0.1) is 0 Å². The number of carbonyl (C=O) groups is 2. The summed E-state index contributed by atoms with van der Waals surface area (Å²) in [5.74, 6) is -0.151. The van der Waals surface area contributed by atoms with Gasteiger partial charge in [0.25, 0.3) is 5.91 Å². The van der Waals surface area contributed by atoms with Gasteiger partial charge in [-0.1, -0.05) is 40.2 Å². The van der Waals surface area contributed by atoms with Crippen molar-refractivity contribution in [3.63, 3.8) is 0 Å². The second-order valence-electron chi connectivity index (χ2n) is 7.00. The van der Waals surface area contributed by atoms with Crippen LogP contribution in [-0.4, -0.2) is 16.8 Å². The van der Waals surface area contributed by atoms with Crippen molar-refractivity contribution < 1.29 is 9.59 Å². The molecule has 0 spiro atoms. The Morgan fingerprint density at radius 3 is 2.43 bits per heavy atom. The summed E-state index contributed by atoms with van der Waals surface area (Å²) < 4.78 is 1.08. The summed E-state index contributed by atoms with van der Waals surface area (Å²) in [4.78, 5) is 28.3. The van der Waals surface area contributed by atoms with E-state index in [0.29, 0.717) is 24.2 Å². The van der Waals surface area contributed by atoms with Gasteiger partial charge in [0.2, 0.25) is 5.91 Å². The van der Waals surface area contributed by atoms with Gasteiger partial charge in [-0.2, -0.15) is 0 Å². The number of hydrogen-bond acceptors (Lipinski definition) is 3. The minimum Gasteiger partial charge on any atom is -0.352 e. The van der Waals surface area contributed by atoms with Gasteiger partial charge in [0, 0.05) is 41.1 Å². The third-order valence-corrected chi connectivity index (χ3v) is 5.18. The number of hydrogen-bond donors (Lipinski definition) is 2. The second kappa shape index (κ2) is 11.3. The van der Waals surface area contributed by atoms with Gasteiger partial charge in [0.05, 0.1) is 0 Å². The van der Waals surface area contributed by atoms with E-state index in [0.717, 1.165) is 29.3 Å². The summed E-state index contributed by atoms with van der Waals surface area (Å²) in [5.41, 5.74) is 3.46. The highest BCUT2D eigenvalue weighted by Crippen LogP contribution is 2.14. The van der Waals surface area contributed by atoms with Crippen LogP contribution >= 0.6 is 15.9 Å². The van der Waals surface area contributed by atoms with Crippen LogP contribution in [-0.2, 0) is 17.8 Å². The van der Waals surface area contributed by atoms with Crippen molar-refractivity contribution in [1.82, 2.24) is 10.3 Å². The van der Waals surface area contributed by atoms with Crippen molar-refractivity contribution in [3.05, 3.63) is 94.2 Å². The van der Waals surface area contributed by atoms with Crippen molar-refractivity contribution >= 4 is 33.4 Å². The van der Waals surface area contributed by atoms with Crippen LogP contribution in [0.1, 0.15) is 40.7 Å². The Labute approximate surface area is 185 Å². The molecule has 0 aliphatic carbocycles. The molecule has 0 saturated carbocycles. The highest BCUT2D eigenvalue weighted by molar-refractivity contribution is 9.10. The highest BCUT2D eigenvalue weighted by atomic mass is 79.9. The van der Waals surface area contributed by atoms with Crippen molar-refractivity contribution in [2.45, 2.75) is 32.2 Å². The number of carbonyl (C=O) groups excluding carboxylic acids is 2. The van der Waals surface area contributed by atoms with E-state index >= 15 is 0 Å². The standard InChI is InChI=1S/C24H24BrN3O2/c25-21-10-8-18(9-11-21)4-1-2-7-23(29)27-17-19-5-3-6-22(16-19)28-24(30)20-12-14-26-15-13-20/h3,5-6,8-16H,1-2,4,7,17H2,(H,27,29)(H,28,30). The average Bonchev–Trinajstić information content (AvgIpc) is 2.77. The summed E-state index contributed by atoms with van der Waals surface area (Å²) in [6.07, 6.45) is 6.48. The maximum atomic E-state index is 12.2. The predicted molar refractivity (Wildman–Crippen MR) is 122 cm³/mol. The number of rotatable bonds is 9. The number of halogens is 1. The summed E-state index contributed by atoms with van der Waals surface area (Å²) in [6, 6.07) is 19.1. The maximum absolute atomic E-state index is 12.2. The minimum atomic E-state index is -0.190. The van der Waals surface area contributed by atoms with Crippen LogP contribution in [0.15, 0.2) is 77.5 Å². The number of amides is 2. The largest absolute Gasteiger partial charge is 0.352 e. The maximum Gasteiger partial charge on any atom is 0.255 e. The Kier molecular flexibility index (Phi) is 8.15. The Morgan fingerprint density at radius 1 is 0.900 bits per heavy atom. The molecule has 30 heavy (non-hydrogen) atoms. The summed E-state index contributed by atoms with van der Waals surface area (Å²) >= 11 is 3.43. The molecule has 0 bridgehead atoms. The molecule has 154 valence electrons. The van der Waals surface area contributed by atoms with Crippen LogP contribution in [0.3, 0.4) is 0 Å². The molecule has 3 rings (SSSR count). The van der Waals surface area contributed by atoms with E-state index in [4.69, 9.17) is 0 Å². The van der Waals surface area contributed by atoms with Crippen molar-refractivity contribution in [2.75, 3.05) is 5.32 Å². The molecule has 1 heterocycles. The van der Waals surface area contributed by atoms with Gasteiger partial charge in [0.1, 0.15) is 0 Å². The molecule has 2 amide bonds. The molecule has 0 saturated heterocycles. The zero-order valence-electron chi connectivity index (χ0n) is 16.6. The quantitative estimate of drug-likeness (QED) is 0.430. The van der Waals surface area contributed by atoms with Gasteiger partial charge >= 0.3 is 0 Å². The molecule has 1 aromatic heterocycles. The molecule has 2 N–H and O–H groups in total. The number of aryl methyl sites for hydroxylation is 1. The lowest BCUT2D eigenvalue weighted by molar-refractivity contribution is -0.121. The number of aromatic nitrogens is 1. The molecule has 0 atom stereocenters. The molecule has 0 fully saturated rings. The van der Waals surface area contributed by atoms with E-state index in [1.54, 1.807) is 24.5 Å². The number of pyridine rings is 1. The first-order valence-electron chi connectivity index (χ1n) is 9.91. The Hall–Kier alpha value is -2.99. The third kappa shape index (κ3) is 7.12. The summed E-state index contributed by atoms with van der Waals surface area (Å²) in [7, 11) is 0. The normalized spacial score (nSPS) is 10.4. The molecular weight excluding hydrogens is 442 g/mol. The Morgan fingerprint density at radius 2 is 1.67 bits per heavy atom. The molecule has 0 aliphatic rings. The first-order valence-corrected chi connectivity index (χ1v) is 10.7.